The van der Waals surface area contributed by atoms with Gasteiger partial charge in [-0.3, -0.25) is 14.4 Å². The van der Waals surface area contributed by atoms with Gasteiger partial charge < -0.3 is 30.4 Å². The number of nitrogen functional groups attached to an aromatic ring is 1. The fourth-order valence-corrected chi connectivity index (χ4v) is 6.79. The Morgan fingerprint density at radius 3 is 2.55 bits per heavy atom. The summed E-state index contributed by atoms with van der Waals surface area (Å²) in [7, 11) is 1.43. The van der Waals surface area contributed by atoms with Crippen LogP contribution in [0.2, 0.25) is 5.02 Å². The number of hydrogen-bond donors (Lipinski definition) is 3. The van der Waals surface area contributed by atoms with Crippen LogP contribution in [0.5, 0.6) is 11.6 Å². The first-order chi connectivity index (χ1) is 24.2. The number of fused-ring (bicyclic) bond motifs is 2. The molecule has 0 bridgehead atoms. The molecule has 51 heavy (non-hydrogen) atoms. The number of aromatic hydroxyl groups is 1. The van der Waals surface area contributed by atoms with E-state index >= 15 is 0 Å². The predicted molar refractivity (Wildman–Crippen MR) is 179 cm³/mol. The van der Waals surface area contributed by atoms with Crippen molar-refractivity contribution in [3.05, 3.63) is 86.3 Å². The number of azo groups is 1. The number of amides is 2. The summed E-state index contributed by atoms with van der Waals surface area (Å²) >= 11 is 6.10. The highest BCUT2D eigenvalue weighted by Gasteiger charge is 2.46. The second-order valence-electron chi connectivity index (χ2n) is 12.2. The van der Waals surface area contributed by atoms with Crippen LogP contribution in [0.1, 0.15) is 52.3 Å². The summed E-state index contributed by atoms with van der Waals surface area (Å²) in [6.45, 7) is 1.62. The first-order valence-corrected chi connectivity index (χ1v) is 16.0. The summed E-state index contributed by atoms with van der Waals surface area (Å²) in [6.07, 6.45) is -0.354. The number of aryl methyl sites for hydroxylation is 1. The minimum atomic E-state index is -4.63. The maximum absolute atomic E-state index is 14.1. The molecular formula is C33H31ClF3N9O5. The van der Waals surface area contributed by atoms with Gasteiger partial charge in [-0.1, -0.05) is 11.6 Å². The van der Waals surface area contributed by atoms with Crippen molar-refractivity contribution in [1.29, 1.82) is 0 Å². The Bertz CT molecular complexity index is 2130. The van der Waals surface area contributed by atoms with E-state index in [-0.39, 0.29) is 58.3 Å². The van der Waals surface area contributed by atoms with Gasteiger partial charge in [-0.2, -0.15) is 13.2 Å². The molecule has 0 saturated carbocycles. The first-order valence-electron chi connectivity index (χ1n) is 15.7. The number of carbonyl (C=O) groups is 2. The number of anilines is 2. The summed E-state index contributed by atoms with van der Waals surface area (Å²) in [6, 6.07) is 5.61. The van der Waals surface area contributed by atoms with Gasteiger partial charge in [-0.15, -0.1) is 10.2 Å². The van der Waals surface area contributed by atoms with Crippen molar-refractivity contribution >= 4 is 46.3 Å². The minimum absolute atomic E-state index is 0.0502. The van der Waals surface area contributed by atoms with Crippen molar-refractivity contribution in [2.45, 2.75) is 50.7 Å². The van der Waals surface area contributed by atoms with Gasteiger partial charge in [0.1, 0.15) is 18.6 Å². The number of hydrogen-bond acceptors (Lipinski definition) is 11. The summed E-state index contributed by atoms with van der Waals surface area (Å²) in [5.41, 5.74) is 5.38. The molecule has 3 aromatic heterocycles. The molecule has 1 aliphatic heterocycles. The van der Waals surface area contributed by atoms with Crippen LogP contribution in [0.15, 0.2) is 57.9 Å². The molecule has 1 saturated heterocycles. The lowest BCUT2D eigenvalue weighted by molar-refractivity contribution is -0.137. The Morgan fingerprint density at radius 1 is 1.12 bits per heavy atom. The number of aromatic nitrogens is 4. The average molecular weight is 726 g/mol. The normalized spacial score (nSPS) is 15.3. The van der Waals surface area contributed by atoms with Crippen molar-refractivity contribution in [3.63, 3.8) is 0 Å². The number of carbonyl (C=O) groups excluding carboxylic acids is 2. The lowest BCUT2D eigenvalue weighted by Gasteiger charge is -2.39. The molecule has 1 fully saturated rings. The number of likely N-dealkylation sites (tertiary alicyclic amines) is 1. The Hall–Kier alpha value is -5.58. The number of alkyl halides is 3. The van der Waals surface area contributed by atoms with E-state index in [2.05, 4.69) is 30.5 Å². The summed E-state index contributed by atoms with van der Waals surface area (Å²) in [4.78, 5) is 54.3. The van der Waals surface area contributed by atoms with Crippen LogP contribution < -0.4 is 21.2 Å². The fourth-order valence-electron chi connectivity index (χ4n) is 6.56. The number of nitrogens with two attached hydrogens (primary N) is 1. The molecule has 18 heteroatoms. The topological polar surface area (TPSA) is 190 Å². The van der Waals surface area contributed by atoms with E-state index in [1.165, 1.54) is 30.3 Å². The maximum atomic E-state index is 14.1. The van der Waals surface area contributed by atoms with Crippen LogP contribution in [-0.2, 0) is 29.4 Å². The molecule has 0 unspecified atom stereocenters. The second kappa shape index (κ2) is 13.6. The number of pyridine rings is 2. The highest BCUT2D eigenvalue weighted by atomic mass is 35.5. The smallest absolute Gasteiger partial charge is 0.416 e. The van der Waals surface area contributed by atoms with Gasteiger partial charge in [-0.05, 0) is 56.9 Å². The van der Waals surface area contributed by atoms with Gasteiger partial charge in [0.15, 0.2) is 17.3 Å². The Kier molecular flexibility index (Phi) is 9.41. The number of benzene rings is 1. The lowest BCUT2D eigenvalue weighted by Crippen LogP contribution is -2.46. The summed E-state index contributed by atoms with van der Waals surface area (Å²) in [5.74, 6) is -1.28. The standard InChI is InChI=1S/C33H31ClF3N9O5/c1-17-28(48)27(41-16-40-17)31(50)45-11-8-32(9-12-45)7-5-22-25(32)29(49)26(38)30(44-43-19-6-10-39-24(14-19)51-2)46(22)15-23(47)42-21-4-3-18(13-20(21)34)33(35,36)37/h3-4,6,10,13-14,16,48H,5,7-9,11-12,15,38H2,1-2H3,(H,42,47). The number of nitrogens with one attached hydrogen (secondary N) is 1. The first kappa shape index (κ1) is 35.3. The van der Waals surface area contributed by atoms with Crippen LogP contribution in [0.3, 0.4) is 0 Å². The molecule has 1 aromatic carbocycles. The molecular weight excluding hydrogens is 695 g/mol. The van der Waals surface area contributed by atoms with E-state index in [0.29, 0.717) is 48.7 Å². The Labute approximate surface area is 293 Å². The SMILES string of the molecule is COc1cc(N=Nc2c(N)c(=O)c3c(n2CC(=O)Nc2ccc(C(F)(F)F)cc2Cl)CCC32CCN(C(=O)c3ncnc(C)c3O)CC2)ccn1. The maximum Gasteiger partial charge on any atom is 0.416 e. The molecule has 14 nitrogen and oxygen atoms in total. The van der Waals surface area contributed by atoms with Gasteiger partial charge in [-0.25, -0.2) is 15.0 Å². The fraction of sp³-hybridized carbons (Fsp3) is 0.333. The largest absolute Gasteiger partial charge is 0.504 e. The van der Waals surface area contributed by atoms with Crippen LogP contribution in [-0.4, -0.2) is 61.5 Å². The third-order valence-electron chi connectivity index (χ3n) is 9.23. The zero-order valence-corrected chi connectivity index (χ0v) is 28.0. The second-order valence-corrected chi connectivity index (χ2v) is 12.6. The van der Waals surface area contributed by atoms with Crippen LogP contribution in [0.4, 0.5) is 36.1 Å². The van der Waals surface area contributed by atoms with E-state index in [4.69, 9.17) is 22.1 Å². The molecule has 4 heterocycles. The Balaban J connectivity index is 1.35. The van der Waals surface area contributed by atoms with Crippen molar-refractivity contribution in [2.24, 2.45) is 10.2 Å². The highest BCUT2D eigenvalue weighted by molar-refractivity contribution is 6.33. The Morgan fingerprint density at radius 2 is 1.86 bits per heavy atom. The zero-order valence-electron chi connectivity index (χ0n) is 27.3. The molecule has 2 amide bonds. The van der Waals surface area contributed by atoms with E-state index in [9.17, 15) is 32.7 Å². The highest BCUT2D eigenvalue weighted by Crippen LogP contribution is 2.47. The molecule has 0 radical (unpaired) electrons. The predicted octanol–water partition coefficient (Wildman–Crippen LogP) is 5.48. The third-order valence-corrected chi connectivity index (χ3v) is 9.54. The minimum Gasteiger partial charge on any atom is -0.504 e. The van der Waals surface area contributed by atoms with Crippen LogP contribution >= 0.6 is 11.6 Å². The number of halogens is 4. The van der Waals surface area contributed by atoms with Crippen LogP contribution in [0, 0.1) is 6.92 Å². The molecule has 1 spiro atoms. The molecule has 4 N–H and O–H groups in total. The molecule has 266 valence electrons. The van der Waals surface area contributed by atoms with Crippen molar-refractivity contribution in [3.8, 4) is 11.6 Å². The van der Waals surface area contributed by atoms with Crippen molar-refractivity contribution in [1.82, 2.24) is 24.4 Å². The van der Waals surface area contributed by atoms with Gasteiger partial charge in [0, 0.05) is 42.0 Å². The van der Waals surface area contributed by atoms with Gasteiger partial charge >= 0.3 is 6.18 Å². The zero-order chi connectivity index (χ0) is 36.7. The monoisotopic (exact) mass is 725 g/mol. The molecule has 4 aromatic rings. The number of nitrogens with zero attached hydrogens (tertiary/aromatic N) is 7. The quantitative estimate of drug-likeness (QED) is 0.207. The number of methoxy groups -OCH3 is 1. The van der Waals surface area contributed by atoms with Crippen molar-refractivity contribution < 1.29 is 32.6 Å². The molecule has 1 aliphatic carbocycles. The average Bonchev–Trinajstić information content (AvgIpc) is 3.47. The van der Waals surface area contributed by atoms with Gasteiger partial charge in [0.2, 0.25) is 17.2 Å². The van der Waals surface area contributed by atoms with Crippen molar-refractivity contribution in [2.75, 3.05) is 31.2 Å². The molecule has 6 rings (SSSR count). The summed E-state index contributed by atoms with van der Waals surface area (Å²) in [5, 5.41) is 21.1. The number of rotatable bonds is 7. The number of piperidine rings is 1. The number of ether oxygens (including phenoxy) is 1. The van der Waals surface area contributed by atoms with Crippen LogP contribution in [0.25, 0.3) is 0 Å². The van der Waals surface area contributed by atoms with Gasteiger partial charge in [0.05, 0.1) is 34.8 Å². The van der Waals surface area contributed by atoms with E-state index < -0.39 is 40.9 Å². The summed E-state index contributed by atoms with van der Waals surface area (Å²) < 4.78 is 46.2. The van der Waals surface area contributed by atoms with E-state index in [1.54, 1.807) is 17.9 Å². The lowest BCUT2D eigenvalue weighted by atomic mass is 9.73. The van der Waals surface area contributed by atoms with Gasteiger partial charge in [0.25, 0.3) is 5.91 Å². The third kappa shape index (κ3) is 6.80. The molecule has 0 atom stereocenters. The van der Waals surface area contributed by atoms with E-state index in [0.717, 1.165) is 12.1 Å². The molecule has 2 aliphatic rings. The van der Waals surface area contributed by atoms with E-state index in [1.807, 2.05) is 0 Å².